The van der Waals surface area contributed by atoms with E-state index in [0.717, 1.165) is 5.56 Å². The molecular formula is C12H14O4. The number of rotatable bonds is 5. The van der Waals surface area contributed by atoms with Gasteiger partial charge in [-0.15, -0.1) is 0 Å². The van der Waals surface area contributed by atoms with E-state index in [9.17, 15) is 4.79 Å². The Kier molecular flexibility index (Phi) is 4.39. The zero-order valence-electron chi connectivity index (χ0n) is 9.27. The van der Waals surface area contributed by atoms with Crippen molar-refractivity contribution in [2.45, 2.75) is 6.42 Å². The van der Waals surface area contributed by atoms with Crippen molar-refractivity contribution in [1.82, 2.24) is 0 Å². The van der Waals surface area contributed by atoms with Crippen molar-refractivity contribution in [2.75, 3.05) is 14.2 Å². The number of benzene rings is 1. The third-order valence-electron chi connectivity index (χ3n) is 1.98. The third kappa shape index (κ3) is 3.65. The predicted molar refractivity (Wildman–Crippen MR) is 60.8 cm³/mol. The van der Waals surface area contributed by atoms with Gasteiger partial charge in [0.15, 0.2) is 0 Å². The van der Waals surface area contributed by atoms with Gasteiger partial charge in [0.2, 0.25) is 0 Å². The molecule has 0 heterocycles. The molecule has 1 N–H and O–H groups in total. The van der Waals surface area contributed by atoms with E-state index in [0.29, 0.717) is 11.5 Å². The van der Waals surface area contributed by atoms with Crippen LogP contribution in [0.2, 0.25) is 0 Å². The van der Waals surface area contributed by atoms with Crippen LogP contribution in [-0.4, -0.2) is 25.3 Å². The lowest BCUT2D eigenvalue weighted by molar-refractivity contribution is -0.135. The van der Waals surface area contributed by atoms with E-state index >= 15 is 0 Å². The second-order valence-corrected chi connectivity index (χ2v) is 3.15. The minimum atomic E-state index is -0.855. The fourth-order valence-electron chi connectivity index (χ4n) is 1.22. The van der Waals surface area contributed by atoms with Gasteiger partial charge in [0.25, 0.3) is 0 Å². The smallest absolute Gasteiger partial charge is 0.307 e. The van der Waals surface area contributed by atoms with Gasteiger partial charge < -0.3 is 14.6 Å². The Bertz CT molecular complexity index is 374. The van der Waals surface area contributed by atoms with Crippen LogP contribution in [0.4, 0.5) is 0 Å². The first kappa shape index (κ1) is 12.1. The van der Waals surface area contributed by atoms with Crippen molar-refractivity contribution >= 4 is 12.0 Å². The van der Waals surface area contributed by atoms with E-state index in [1.165, 1.54) is 0 Å². The Morgan fingerprint density at radius 2 is 1.81 bits per heavy atom. The molecule has 0 bridgehead atoms. The van der Waals surface area contributed by atoms with E-state index in [-0.39, 0.29) is 6.42 Å². The molecular weight excluding hydrogens is 208 g/mol. The number of methoxy groups -OCH3 is 2. The van der Waals surface area contributed by atoms with Crippen molar-refractivity contribution in [2.24, 2.45) is 0 Å². The van der Waals surface area contributed by atoms with Crippen LogP contribution in [0.1, 0.15) is 12.0 Å². The van der Waals surface area contributed by atoms with Crippen molar-refractivity contribution in [3.05, 3.63) is 29.8 Å². The SMILES string of the molecule is COc1cc(/C=C\CC(=O)O)cc(OC)c1. The van der Waals surface area contributed by atoms with Crippen LogP contribution in [-0.2, 0) is 4.79 Å². The highest BCUT2D eigenvalue weighted by Crippen LogP contribution is 2.23. The maximum absolute atomic E-state index is 10.3. The first-order valence-electron chi connectivity index (χ1n) is 4.77. The molecule has 0 atom stereocenters. The highest BCUT2D eigenvalue weighted by molar-refractivity contribution is 5.70. The van der Waals surface area contributed by atoms with Crippen molar-refractivity contribution < 1.29 is 19.4 Å². The second kappa shape index (κ2) is 5.80. The van der Waals surface area contributed by atoms with Gasteiger partial charge in [0, 0.05) is 6.07 Å². The Hall–Kier alpha value is -1.97. The number of ether oxygens (including phenoxy) is 2. The highest BCUT2D eigenvalue weighted by Gasteiger charge is 1.99. The fraction of sp³-hybridized carbons (Fsp3) is 0.250. The molecule has 0 saturated carbocycles. The Morgan fingerprint density at radius 3 is 2.25 bits per heavy atom. The number of hydrogen-bond donors (Lipinski definition) is 1. The monoisotopic (exact) mass is 222 g/mol. The molecule has 0 saturated heterocycles. The molecule has 1 aromatic carbocycles. The third-order valence-corrected chi connectivity index (χ3v) is 1.98. The summed E-state index contributed by atoms with van der Waals surface area (Å²) in [7, 11) is 3.14. The van der Waals surface area contributed by atoms with Gasteiger partial charge in [-0.05, 0) is 17.7 Å². The van der Waals surface area contributed by atoms with Crippen LogP contribution < -0.4 is 9.47 Å². The summed E-state index contributed by atoms with van der Waals surface area (Å²) >= 11 is 0. The lowest BCUT2D eigenvalue weighted by Gasteiger charge is -2.05. The molecule has 4 heteroatoms. The van der Waals surface area contributed by atoms with Crippen LogP contribution in [0.15, 0.2) is 24.3 Å². The van der Waals surface area contributed by atoms with E-state index in [4.69, 9.17) is 14.6 Å². The average molecular weight is 222 g/mol. The average Bonchev–Trinajstić information content (AvgIpc) is 2.28. The van der Waals surface area contributed by atoms with E-state index in [1.807, 2.05) is 0 Å². The summed E-state index contributed by atoms with van der Waals surface area (Å²) in [5, 5.41) is 8.49. The molecule has 0 aliphatic carbocycles. The van der Waals surface area contributed by atoms with Crippen molar-refractivity contribution in [3.8, 4) is 11.5 Å². The maximum Gasteiger partial charge on any atom is 0.307 e. The lowest BCUT2D eigenvalue weighted by Crippen LogP contribution is -1.90. The highest BCUT2D eigenvalue weighted by atomic mass is 16.5. The van der Waals surface area contributed by atoms with Gasteiger partial charge in [0.1, 0.15) is 11.5 Å². The van der Waals surface area contributed by atoms with Gasteiger partial charge in [-0.3, -0.25) is 4.79 Å². The zero-order chi connectivity index (χ0) is 12.0. The number of aliphatic carboxylic acids is 1. The summed E-state index contributed by atoms with van der Waals surface area (Å²) < 4.78 is 10.2. The summed E-state index contributed by atoms with van der Waals surface area (Å²) in [6.07, 6.45) is 3.30. The topological polar surface area (TPSA) is 55.8 Å². The molecule has 16 heavy (non-hydrogen) atoms. The van der Waals surface area contributed by atoms with Gasteiger partial charge >= 0.3 is 5.97 Å². The molecule has 4 nitrogen and oxygen atoms in total. The number of carboxylic acids is 1. The molecule has 0 aliphatic rings. The molecule has 0 amide bonds. The van der Waals surface area contributed by atoms with E-state index in [1.54, 1.807) is 44.6 Å². The van der Waals surface area contributed by atoms with Gasteiger partial charge in [-0.25, -0.2) is 0 Å². The van der Waals surface area contributed by atoms with Crippen LogP contribution in [0, 0.1) is 0 Å². The zero-order valence-corrected chi connectivity index (χ0v) is 9.27. The summed E-state index contributed by atoms with van der Waals surface area (Å²) in [4.78, 5) is 10.3. The van der Waals surface area contributed by atoms with Crippen molar-refractivity contribution in [3.63, 3.8) is 0 Å². The molecule has 0 unspecified atom stereocenters. The number of carbonyl (C=O) groups is 1. The quantitative estimate of drug-likeness (QED) is 0.829. The molecule has 0 aromatic heterocycles. The number of carboxylic acid groups (broad SMARTS) is 1. The lowest BCUT2D eigenvalue weighted by atomic mass is 10.1. The molecule has 0 spiro atoms. The minimum Gasteiger partial charge on any atom is -0.497 e. The van der Waals surface area contributed by atoms with E-state index < -0.39 is 5.97 Å². The predicted octanol–water partition coefficient (Wildman–Crippen LogP) is 2.19. The molecule has 86 valence electrons. The molecule has 0 aliphatic heterocycles. The Labute approximate surface area is 94.1 Å². The van der Waals surface area contributed by atoms with Gasteiger partial charge in [0.05, 0.1) is 20.6 Å². The minimum absolute atomic E-state index is 0.000471. The number of hydrogen-bond acceptors (Lipinski definition) is 3. The van der Waals surface area contributed by atoms with Gasteiger partial charge in [-0.1, -0.05) is 12.2 Å². The van der Waals surface area contributed by atoms with Crippen LogP contribution >= 0.6 is 0 Å². The van der Waals surface area contributed by atoms with Crippen LogP contribution in [0.5, 0.6) is 11.5 Å². The van der Waals surface area contributed by atoms with Gasteiger partial charge in [-0.2, -0.15) is 0 Å². The Morgan fingerprint density at radius 1 is 1.25 bits per heavy atom. The molecule has 1 rings (SSSR count). The first-order valence-corrected chi connectivity index (χ1v) is 4.77. The largest absolute Gasteiger partial charge is 0.497 e. The molecule has 0 fully saturated rings. The maximum atomic E-state index is 10.3. The Balaban J connectivity index is 2.86. The summed E-state index contributed by atoms with van der Waals surface area (Å²) in [6.45, 7) is 0. The summed E-state index contributed by atoms with van der Waals surface area (Å²) in [6, 6.07) is 5.37. The summed E-state index contributed by atoms with van der Waals surface area (Å²) in [5.41, 5.74) is 0.845. The van der Waals surface area contributed by atoms with E-state index in [2.05, 4.69) is 0 Å². The van der Waals surface area contributed by atoms with Crippen LogP contribution in [0.3, 0.4) is 0 Å². The second-order valence-electron chi connectivity index (χ2n) is 3.15. The van der Waals surface area contributed by atoms with Crippen molar-refractivity contribution in [1.29, 1.82) is 0 Å². The standard InChI is InChI=1S/C12H14O4/c1-15-10-6-9(4-3-5-12(13)14)7-11(8-10)16-2/h3-4,6-8H,5H2,1-2H3,(H,13,14)/b4-3-. The first-order chi connectivity index (χ1) is 7.65. The molecule has 0 radical (unpaired) electrons. The normalized spacial score (nSPS) is 10.4. The fourth-order valence-corrected chi connectivity index (χ4v) is 1.22. The van der Waals surface area contributed by atoms with Crippen LogP contribution in [0.25, 0.3) is 6.08 Å². The molecule has 1 aromatic rings. The summed E-state index contributed by atoms with van der Waals surface area (Å²) in [5.74, 6) is 0.495.